The topological polar surface area (TPSA) is 70.2 Å². The van der Waals surface area contributed by atoms with E-state index in [-0.39, 0.29) is 18.0 Å². The van der Waals surface area contributed by atoms with Crippen molar-refractivity contribution >= 4 is 11.9 Å². The number of urea groups is 1. The van der Waals surface area contributed by atoms with Gasteiger partial charge in [-0.05, 0) is 38.3 Å². The second-order valence-corrected chi connectivity index (χ2v) is 6.21. The first kappa shape index (κ1) is 17.5. The van der Waals surface area contributed by atoms with Gasteiger partial charge in [0.25, 0.3) is 0 Å². The summed E-state index contributed by atoms with van der Waals surface area (Å²) in [6, 6.07) is 9.54. The molecule has 0 spiro atoms. The molecule has 3 N–H and O–H groups in total. The SMILES string of the molecule is CC(NCCc1ccccc1)C(=O)NC(=O)NC1CCCCC1. The summed E-state index contributed by atoms with van der Waals surface area (Å²) in [6.07, 6.45) is 6.40. The van der Waals surface area contributed by atoms with E-state index in [9.17, 15) is 9.59 Å². The van der Waals surface area contributed by atoms with Crippen LogP contribution in [0.1, 0.15) is 44.6 Å². The number of rotatable bonds is 6. The zero-order valence-corrected chi connectivity index (χ0v) is 13.8. The Balaban J connectivity index is 1.64. The molecule has 2 rings (SSSR count). The third-order valence-electron chi connectivity index (χ3n) is 4.28. The number of nitrogens with one attached hydrogen (secondary N) is 3. The van der Waals surface area contributed by atoms with Gasteiger partial charge in [0.2, 0.25) is 5.91 Å². The molecule has 0 bridgehead atoms. The van der Waals surface area contributed by atoms with Gasteiger partial charge in [-0.25, -0.2) is 4.79 Å². The molecule has 1 aliphatic rings. The van der Waals surface area contributed by atoms with E-state index in [0.717, 1.165) is 32.1 Å². The fraction of sp³-hybridized carbons (Fsp3) is 0.556. The number of benzene rings is 1. The molecule has 0 heterocycles. The molecular weight excluding hydrogens is 290 g/mol. The summed E-state index contributed by atoms with van der Waals surface area (Å²) in [7, 11) is 0. The number of hydrogen-bond donors (Lipinski definition) is 3. The Labute approximate surface area is 138 Å². The van der Waals surface area contributed by atoms with Crippen LogP contribution in [0.15, 0.2) is 30.3 Å². The molecule has 1 atom stereocenters. The summed E-state index contributed by atoms with van der Waals surface area (Å²) in [6.45, 7) is 2.47. The molecule has 126 valence electrons. The summed E-state index contributed by atoms with van der Waals surface area (Å²) in [5, 5.41) is 8.46. The lowest BCUT2D eigenvalue weighted by molar-refractivity contribution is -0.121. The molecule has 0 saturated heterocycles. The van der Waals surface area contributed by atoms with E-state index in [1.54, 1.807) is 6.92 Å². The Morgan fingerprint density at radius 3 is 2.52 bits per heavy atom. The van der Waals surface area contributed by atoms with Crippen molar-refractivity contribution in [3.8, 4) is 0 Å². The van der Waals surface area contributed by atoms with Gasteiger partial charge in [-0.3, -0.25) is 10.1 Å². The molecule has 1 aromatic rings. The van der Waals surface area contributed by atoms with E-state index in [1.165, 1.54) is 12.0 Å². The Kier molecular flexibility index (Phi) is 7.07. The van der Waals surface area contributed by atoms with E-state index in [2.05, 4.69) is 28.1 Å². The maximum atomic E-state index is 12.0. The van der Waals surface area contributed by atoms with Crippen molar-refractivity contribution in [2.75, 3.05) is 6.54 Å². The van der Waals surface area contributed by atoms with Crippen LogP contribution in [0.5, 0.6) is 0 Å². The molecule has 5 heteroatoms. The normalized spacial score (nSPS) is 16.6. The predicted molar refractivity (Wildman–Crippen MR) is 91.2 cm³/mol. The molecule has 1 unspecified atom stereocenters. The van der Waals surface area contributed by atoms with Gasteiger partial charge in [0.15, 0.2) is 0 Å². The van der Waals surface area contributed by atoms with Crippen molar-refractivity contribution in [1.82, 2.24) is 16.0 Å². The first-order chi connectivity index (χ1) is 11.1. The molecule has 23 heavy (non-hydrogen) atoms. The van der Waals surface area contributed by atoms with Crippen LogP contribution in [-0.4, -0.2) is 30.6 Å². The average molecular weight is 317 g/mol. The summed E-state index contributed by atoms with van der Waals surface area (Å²) < 4.78 is 0. The molecular formula is C18H27N3O2. The van der Waals surface area contributed by atoms with Crippen molar-refractivity contribution in [3.63, 3.8) is 0 Å². The Hall–Kier alpha value is -1.88. The Morgan fingerprint density at radius 2 is 1.83 bits per heavy atom. The smallest absolute Gasteiger partial charge is 0.321 e. The zero-order valence-electron chi connectivity index (χ0n) is 13.8. The highest BCUT2D eigenvalue weighted by atomic mass is 16.2. The number of imide groups is 1. The number of carbonyl (C=O) groups excluding carboxylic acids is 2. The van der Waals surface area contributed by atoms with E-state index >= 15 is 0 Å². The van der Waals surface area contributed by atoms with Crippen molar-refractivity contribution in [3.05, 3.63) is 35.9 Å². The molecule has 1 aliphatic carbocycles. The Morgan fingerprint density at radius 1 is 1.13 bits per heavy atom. The van der Waals surface area contributed by atoms with Crippen molar-refractivity contribution in [2.24, 2.45) is 0 Å². The second-order valence-electron chi connectivity index (χ2n) is 6.21. The lowest BCUT2D eigenvalue weighted by atomic mass is 9.96. The van der Waals surface area contributed by atoms with E-state index in [1.807, 2.05) is 18.2 Å². The highest BCUT2D eigenvalue weighted by Crippen LogP contribution is 2.17. The van der Waals surface area contributed by atoms with Crippen LogP contribution in [0.25, 0.3) is 0 Å². The third-order valence-corrected chi connectivity index (χ3v) is 4.28. The summed E-state index contributed by atoms with van der Waals surface area (Å²) in [5.74, 6) is -0.286. The maximum absolute atomic E-state index is 12.0. The average Bonchev–Trinajstić information content (AvgIpc) is 2.56. The van der Waals surface area contributed by atoms with E-state index in [0.29, 0.717) is 6.54 Å². The van der Waals surface area contributed by atoms with Gasteiger partial charge >= 0.3 is 6.03 Å². The lowest BCUT2D eigenvalue weighted by Gasteiger charge is -2.23. The standard InChI is InChI=1S/C18H27N3O2/c1-14(19-13-12-15-8-4-2-5-9-15)17(22)21-18(23)20-16-10-6-3-7-11-16/h2,4-5,8-9,14,16,19H,3,6-7,10-13H2,1H3,(H2,20,21,22,23). The molecule has 1 saturated carbocycles. The predicted octanol–water partition coefficient (Wildman–Crippen LogP) is 2.37. The largest absolute Gasteiger partial charge is 0.335 e. The van der Waals surface area contributed by atoms with E-state index in [4.69, 9.17) is 0 Å². The highest BCUT2D eigenvalue weighted by molar-refractivity contribution is 5.96. The molecule has 0 radical (unpaired) electrons. The summed E-state index contributed by atoms with van der Waals surface area (Å²) in [4.78, 5) is 23.9. The second kappa shape index (κ2) is 9.30. The van der Waals surface area contributed by atoms with Gasteiger partial charge < -0.3 is 10.6 Å². The van der Waals surface area contributed by atoms with Gasteiger partial charge in [-0.15, -0.1) is 0 Å². The minimum absolute atomic E-state index is 0.206. The summed E-state index contributed by atoms with van der Waals surface area (Å²) >= 11 is 0. The van der Waals surface area contributed by atoms with Crippen molar-refractivity contribution in [1.29, 1.82) is 0 Å². The third kappa shape index (κ3) is 6.40. The van der Waals surface area contributed by atoms with Crippen molar-refractivity contribution < 1.29 is 9.59 Å². The van der Waals surface area contributed by atoms with Crippen LogP contribution in [0, 0.1) is 0 Å². The number of carbonyl (C=O) groups is 2. The van der Waals surface area contributed by atoms with Crippen molar-refractivity contribution in [2.45, 2.75) is 57.5 Å². The van der Waals surface area contributed by atoms with Gasteiger partial charge in [-0.2, -0.15) is 0 Å². The van der Waals surface area contributed by atoms with E-state index < -0.39 is 6.04 Å². The van der Waals surface area contributed by atoms with Crippen LogP contribution in [0.2, 0.25) is 0 Å². The monoisotopic (exact) mass is 317 g/mol. The maximum Gasteiger partial charge on any atom is 0.321 e. The minimum atomic E-state index is -0.393. The first-order valence-corrected chi connectivity index (χ1v) is 8.54. The molecule has 3 amide bonds. The van der Waals surface area contributed by atoms with Crippen LogP contribution in [0.3, 0.4) is 0 Å². The van der Waals surface area contributed by atoms with Crippen LogP contribution >= 0.6 is 0 Å². The van der Waals surface area contributed by atoms with Gasteiger partial charge in [0, 0.05) is 6.04 Å². The zero-order chi connectivity index (χ0) is 16.5. The van der Waals surface area contributed by atoms with Crippen LogP contribution in [-0.2, 0) is 11.2 Å². The van der Waals surface area contributed by atoms with Gasteiger partial charge in [0.05, 0.1) is 6.04 Å². The van der Waals surface area contributed by atoms with Crippen LogP contribution in [0.4, 0.5) is 4.79 Å². The Bertz CT molecular complexity index is 498. The summed E-state index contributed by atoms with van der Waals surface area (Å²) in [5.41, 5.74) is 1.22. The fourth-order valence-electron chi connectivity index (χ4n) is 2.86. The minimum Gasteiger partial charge on any atom is -0.335 e. The van der Waals surface area contributed by atoms with Crippen LogP contribution < -0.4 is 16.0 Å². The molecule has 0 aliphatic heterocycles. The number of hydrogen-bond acceptors (Lipinski definition) is 3. The highest BCUT2D eigenvalue weighted by Gasteiger charge is 2.19. The number of amides is 3. The first-order valence-electron chi connectivity index (χ1n) is 8.54. The molecule has 0 aromatic heterocycles. The quantitative estimate of drug-likeness (QED) is 0.754. The lowest BCUT2D eigenvalue weighted by Crippen LogP contribution is -2.50. The fourth-order valence-corrected chi connectivity index (χ4v) is 2.86. The van der Waals surface area contributed by atoms with Gasteiger partial charge in [-0.1, -0.05) is 49.6 Å². The molecule has 5 nitrogen and oxygen atoms in total. The molecule has 1 fully saturated rings. The van der Waals surface area contributed by atoms with Gasteiger partial charge in [0.1, 0.15) is 0 Å². The molecule has 1 aromatic carbocycles.